The Morgan fingerprint density at radius 2 is 0.450 bits per heavy atom. The smallest absolute Gasteiger partial charge is 0.0786 e. The highest BCUT2D eigenvalue weighted by Crippen LogP contribution is 2.17. The Morgan fingerprint density at radius 1 is 0.300 bits per heavy atom. The van der Waals surface area contributed by atoms with Crippen LogP contribution in [0, 0.1) is 0 Å². The van der Waals surface area contributed by atoms with Gasteiger partial charge in [-0.25, -0.2) is 0 Å². The zero-order valence-corrected chi connectivity index (χ0v) is 29.8. The second-order valence-electron chi connectivity index (χ2n) is 12.4. The van der Waals surface area contributed by atoms with Crippen LogP contribution in [-0.4, -0.2) is 67.9 Å². The molecule has 0 radical (unpaired) electrons. The lowest BCUT2D eigenvalue weighted by Gasteiger charge is -2.39. The first-order valence-corrected chi connectivity index (χ1v) is 18.2. The Kier molecular flexibility index (Phi) is 43.1. The summed E-state index contributed by atoms with van der Waals surface area (Å²) in [6.45, 7) is 32.1. The van der Waals surface area contributed by atoms with Gasteiger partial charge in [-0.3, -0.25) is 0 Å². The minimum atomic E-state index is 0. The van der Waals surface area contributed by atoms with E-state index in [2.05, 4.69) is 55.4 Å². The van der Waals surface area contributed by atoms with E-state index in [9.17, 15) is 5.11 Å². The maximum Gasteiger partial charge on any atom is 0.0786 e. The van der Waals surface area contributed by atoms with E-state index in [0.29, 0.717) is 0 Å². The summed E-state index contributed by atoms with van der Waals surface area (Å²) < 4.78 is 2.84. The first-order chi connectivity index (χ1) is 18.9. The predicted octanol–water partition coefficient (Wildman–Crippen LogP) is 7.16. The molecule has 0 rings (SSSR count). The number of rotatable bonds is 26. The molecule has 0 atom stereocenters. The van der Waals surface area contributed by atoms with Gasteiger partial charge < -0.3 is 18.8 Å². The number of hydrogen-bond acceptors (Lipinski definition) is 1. The third kappa shape index (κ3) is 29.3. The molecule has 0 amide bonds. The average Bonchev–Trinajstić information content (AvgIpc) is 2.96. The third-order valence-corrected chi connectivity index (χ3v) is 8.39. The van der Waals surface area contributed by atoms with Crippen LogP contribution in [0.1, 0.15) is 178 Å². The molecule has 0 N–H and O–H groups in total. The van der Waals surface area contributed by atoms with Crippen LogP contribution in [0.2, 0.25) is 0 Å². The molecule has 0 saturated carbocycles. The maximum absolute atomic E-state index is 9.53. The predicted molar refractivity (Wildman–Crippen MR) is 178 cm³/mol. The molecule has 0 bridgehead atoms. The summed E-state index contributed by atoms with van der Waals surface area (Å²) in [6, 6.07) is 0. The molecule has 0 aliphatic rings. The number of unbranched alkanes of at least 4 members (excludes halogenated alkanes) is 9. The van der Waals surface area contributed by atoms with E-state index < -0.39 is 0 Å². The van der Waals surface area contributed by atoms with E-state index in [1.54, 1.807) is 0 Å². The van der Waals surface area contributed by atoms with Crippen molar-refractivity contribution in [2.24, 2.45) is 0 Å². The van der Waals surface area contributed by atoms with Crippen molar-refractivity contribution >= 4 is 0 Å². The van der Waals surface area contributed by atoms with Gasteiger partial charge >= 0.3 is 0 Å². The van der Waals surface area contributed by atoms with Crippen LogP contribution in [0.15, 0.2) is 0 Å². The number of nitrogens with zero attached hydrogens (tertiary/aromatic N) is 2. The fourth-order valence-electron chi connectivity index (χ4n) is 5.43. The minimum absolute atomic E-state index is 0. The molecule has 248 valence electrons. The fraction of sp³-hybridized carbons (Fsp3) is 1.00. The van der Waals surface area contributed by atoms with E-state index in [1.165, 1.54) is 164 Å². The van der Waals surface area contributed by atoms with Gasteiger partial charge in [0.25, 0.3) is 0 Å². The molecular weight excluding hydrogens is 495 g/mol. The Morgan fingerprint density at radius 3 is 0.525 bits per heavy atom. The average molecular weight is 577 g/mol. The second-order valence-corrected chi connectivity index (χ2v) is 12.4. The lowest BCUT2D eigenvalue weighted by Crippen LogP contribution is -3.00. The van der Waals surface area contributed by atoms with Crippen molar-refractivity contribution in [2.75, 3.05) is 59.0 Å². The Labute approximate surface area is 255 Å². The summed E-state index contributed by atoms with van der Waals surface area (Å²) in [5.74, 6) is 0. The molecule has 0 aromatic heterocycles. The summed E-state index contributed by atoms with van der Waals surface area (Å²) in [7, 11) is 0. The molecule has 0 aromatic rings. The topological polar surface area (TPSA) is 23.1 Å². The van der Waals surface area contributed by atoms with E-state index in [0.717, 1.165) is 12.8 Å². The molecule has 0 spiro atoms. The van der Waals surface area contributed by atoms with E-state index in [4.69, 9.17) is 0 Å². The maximum atomic E-state index is 9.53. The second kappa shape index (κ2) is 36.8. The molecule has 0 saturated heterocycles. The Balaban J connectivity index is -0.000000271. The summed E-state index contributed by atoms with van der Waals surface area (Å²) >= 11 is 0. The summed E-state index contributed by atoms with van der Waals surface area (Å²) in [5.41, 5.74) is 0. The molecule has 0 aliphatic carbocycles. The van der Waals surface area contributed by atoms with Crippen molar-refractivity contribution < 1.29 is 18.8 Å². The highest BCUT2D eigenvalue weighted by atomic mass is 19.0. The molecule has 0 aromatic carbocycles. The molecular formula is C36H81FN2O. The number of quaternary nitrogens is 2. The molecule has 0 unspecified atom stereocenters. The Bertz CT molecular complexity index is 320. The van der Waals surface area contributed by atoms with Gasteiger partial charge in [-0.2, -0.15) is 0 Å². The molecule has 3 nitrogen and oxygen atoms in total. The minimum Gasteiger partial charge on any atom is -1.00 e. The fourth-order valence-corrected chi connectivity index (χ4v) is 5.43. The van der Waals surface area contributed by atoms with Gasteiger partial charge in [-0.1, -0.05) is 127 Å². The van der Waals surface area contributed by atoms with Crippen LogP contribution in [0.3, 0.4) is 0 Å². The monoisotopic (exact) mass is 577 g/mol. The molecule has 0 heterocycles. The van der Waals surface area contributed by atoms with E-state index in [1.807, 2.05) is 6.92 Å². The van der Waals surface area contributed by atoms with Gasteiger partial charge in [0.2, 0.25) is 0 Å². The lowest BCUT2D eigenvalue weighted by atomic mass is 10.1. The largest absolute Gasteiger partial charge is 1.00 e. The van der Waals surface area contributed by atoms with Crippen molar-refractivity contribution in [2.45, 2.75) is 178 Å². The molecule has 40 heavy (non-hydrogen) atoms. The van der Waals surface area contributed by atoms with Gasteiger partial charge in [-0.05, 0) is 51.4 Å². The van der Waals surface area contributed by atoms with Crippen LogP contribution in [0.4, 0.5) is 0 Å². The van der Waals surface area contributed by atoms with Crippen LogP contribution in [0.25, 0.3) is 0 Å². The van der Waals surface area contributed by atoms with E-state index in [-0.39, 0.29) is 11.3 Å². The lowest BCUT2D eigenvalue weighted by molar-refractivity contribution is -0.929. The number of halogens is 1. The standard InChI is InChI=1S/2C16H36N.C4H9O.FH/c2*1-5-9-13-17(14-10-6-2,15-11-7-3)16-12-8-4;1-2-3-4-5;/h2*5-16H2,1-4H3;2-4H2,1H3;1H/q2*+1;-1;/p-1. The van der Waals surface area contributed by atoms with Gasteiger partial charge in [-0.15, -0.1) is 6.61 Å². The van der Waals surface area contributed by atoms with Gasteiger partial charge in [0.1, 0.15) is 0 Å². The first-order valence-electron chi connectivity index (χ1n) is 18.2. The normalized spacial score (nSPS) is 11.2. The van der Waals surface area contributed by atoms with Gasteiger partial charge in [0.15, 0.2) is 0 Å². The summed E-state index contributed by atoms with van der Waals surface area (Å²) in [6.07, 6.45) is 24.0. The Hall–Kier alpha value is -0.190. The van der Waals surface area contributed by atoms with Crippen molar-refractivity contribution in [3.8, 4) is 0 Å². The van der Waals surface area contributed by atoms with Crippen molar-refractivity contribution in [1.29, 1.82) is 0 Å². The summed E-state index contributed by atoms with van der Waals surface area (Å²) in [4.78, 5) is 0. The third-order valence-electron chi connectivity index (χ3n) is 8.39. The van der Waals surface area contributed by atoms with E-state index >= 15 is 0 Å². The van der Waals surface area contributed by atoms with Crippen molar-refractivity contribution in [3.63, 3.8) is 0 Å². The zero-order valence-electron chi connectivity index (χ0n) is 29.8. The number of hydrogen-bond donors (Lipinski definition) is 0. The van der Waals surface area contributed by atoms with Crippen LogP contribution in [-0.2, 0) is 0 Å². The van der Waals surface area contributed by atoms with Crippen molar-refractivity contribution in [3.05, 3.63) is 0 Å². The first kappa shape index (κ1) is 46.8. The van der Waals surface area contributed by atoms with Crippen LogP contribution in [0.5, 0.6) is 0 Å². The SMILES string of the molecule is CCCC[N+](CCCC)(CCCC)CCCC.CCCC[N+](CCCC)(CCCC)CCCC.CCCC[O-].[F-]. The highest BCUT2D eigenvalue weighted by Gasteiger charge is 2.25. The molecule has 4 heteroatoms. The van der Waals surface area contributed by atoms with Gasteiger partial charge in [0, 0.05) is 0 Å². The van der Waals surface area contributed by atoms with Gasteiger partial charge in [0.05, 0.1) is 52.4 Å². The summed E-state index contributed by atoms with van der Waals surface area (Å²) in [5, 5.41) is 9.53. The zero-order chi connectivity index (χ0) is 30.1. The highest BCUT2D eigenvalue weighted by molar-refractivity contribution is 4.50. The van der Waals surface area contributed by atoms with Crippen LogP contribution < -0.4 is 9.81 Å². The van der Waals surface area contributed by atoms with Crippen LogP contribution >= 0.6 is 0 Å². The molecule has 0 aliphatic heterocycles. The quantitative estimate of drug-likeness (QED) is 0.100. The molecule has 0 fully saturated rings. The van der Waals surface area contributed by atoms with Crippen molar-refractivity contribution in [1.82, 2.24) is 0 Å².